The average Bonchev–Trinajstić information content (AvgIpc) is 2.76. The molecule has 0 spiro atoms. The van der Waals surface area contributed by atoms with Crippen LogP contribution in [0.3, 0.4) is 0 Å². The zero-order valence-corrected chi connectivity index (χ0v) is 13.7. The molecule has 1 aromatic rings. The molecular weight excluding hydrogens is 278 g/mol. The molecule has 0 N–H and O–H groups in total. The fraction of sp³-hybridized carbons (Fsp3) is 0.647. The van der Waals surface area contributed by atoms with E-state index >= 15 is 0 Å². The smallest absolute Gasteiger partial charge is 0.240 e. The highest BCUT2D eigenvalue weighted by atomic mass is 16.5. The summed E-state index contributed by atoms with van der Waals surface area (Å²) in [5.41, 5.74) is 1.06. The Balaban J connectivity index is 2.07. The summed E-state index contributed by atoms with van der Waals surface area (Å²) in [6.45, 7) is 2.78. The van der Waals surface area contributed by atoms with Gasteiger partial charge in [-0.25, -0.2) is 0 Å². The van der Waals surface area contributed by atoms with E-state index in [9.17, 15) is 4.79 Å². The molecule has 5 nitrogen and oxygen atoms in total. The summed E-state index contributed by atoms with van der Waals surface area (Å²) >= 11 is 0. The van der Waals surface area contributed by atoms with Crippen LogP contribution in [-0.4, -0.2) is 60.6 Å². The van der Waals surface area contributed by atoms with E-state index in [1.165, 1.54) is 12.8 Å². The number of carbonyl (C=O) groups excluding carboxylic acids is 1. The minimum Gasteiger partial charge on any atom is -0.383 e. The lowest BCUT2D eigenvalue weighted by molar-refractivity contribution is -0.138. The molecule has 1 amide bonds. The molecule has 1 fully saturated rings. The second-order valence-electron chi connectivity index (χ2n) is 5.96. The summed E-state index contributed by atoms with van der Waals surface area (Å²) < 4.78 is 5.18. The van der Waals surface area contributed by atoms with Gasteiger partial charge in [-0.2, -0.15) is 0 Å². The summed E-state index contributed by atoms with van der Waals surface area (Å²) in [4.78, 5) is 21.2. The third-order valence-corrected chi connectivity index (χ3v) is 4.28. The van der Waals surface area contributed by atoms with E-state index in [1.807, 2.05) is 23.2 Å². The van der Waals surface area contributed by atoms with Crippen molar-refractivity contribution >= 4 is 5.91 Å². The summed E-state index contributed by atoms with van der Waals surface area (Å²) in [6, 6.07) is 3.92. The monoisotopic (exact) mass is 305 g/mol. The van der Waals surface area contributed by atoms with Gasteiger partial charge in [0.15, 0.2) is 0 Å². The van der Waals surface area contributed by atoms with Gasteiger partial charge in [0.25, 0.3) is 0 Å². The Bertz CT molecular complexity index is 452. The largest absolute Gasteiger partial charge is 0.383 e. The van der Waals surface area contributed by atoms with Crippen LogP contribution in [0.2, 0.25) is 0 Å². The minimum atomic E-state index is -0.00368. The first-order chi connectivity index (χ1) is 10.7. The number of pyridine rings is 1. The van der Waals surface area contributed by atoms with E-state index in [0.717, 1.165) is 24.9 Å². The number of likely N-dealkylation sites (N-methyl/N-ethyl adjacent to an activating group) is 1. The van der Waals surface area contributed by atoms with Gasteiger partial charge >= 0.3 is 0 Å². The van der Waals surface area contributed by atoms with Gasteiger partial charge in [0.05, 0.1) is 12.6 Å². The van der Waals surface area contributed by atoms with Gasteiger partial charge in [-0.05, 0) is 38.1 Å². The third kappa shape index (κ3) is 4.78. The van der Waals surface area contributed by atoms with Gasteiger partial charge in [-0.1, -0.05) is 18.9 Å². The Morgan fingerprint density at radius 2 is 2.32 bits per heavy atom. The van der Waals surface area contributed by atoms with Gasteiger partial charge in [0.2, 0.25) is 5.91 Å². The van der Waals surface area contributed by atoms with Crippen LogP contribution in [0.25, 0.3) is 0 Å². The highest BCUT2D eigenvalue weighted by molar-refractivity contribution is 5.82. The lowest BCUT2D eigenvalue weighted by atomic mass is 10.1. The maximum atomic E-state index is 13.0. The molecule has 1 atom stereocenters. The molecular formula is C17H27N3O2. The molecule has 0 radical (unpaired) electrons. The Labute approximate surface area is 133 Å². The quantitative estimate of drug-likeness (QED) is 0.805. The number of rotatable bonds is 6. The third-order valence-electron chi connectivity index (χ3n) is 4.28. The average molecular weight is 305 g/mol. The number of amides is 1. The molecule has 5 heteroatoms. The first-order valence-electron chi connectivity index (χ1n) is 8.09. The number of carbonyl (C=O) groups is 1. The van der Waals surface area contributed by atoms with Gasteiger partial charge < -0.3 is 9.64 Å². The first kappa shape index (κ1) is 16.9. The lowest BCUT2D eigenvalue weighted by Gasteiger charge is -2.31. The van der Waals surface area contributed by atoms with Crippen LogP contribution < -0.4 is 0 Å². The van der Waals surface area contributed by atoms with E-state index in [2.05, 4.69) is 16.9 Å². The fourth-order valence-corrected chi connectivity index (χ4v) is 2.96. The van der Waals surface area contributed by atoms with Crippen molar-refractivity contribution in [1.29, 1.82) is 0 Å². The summed E-state index contributed by atoms with van der Waals surface area (Å²) in [5, 5.41) is 0. The van der Waals surface area contributed by atoms with Crippen LogP contribution in [0.15, 0.2) is 24.5 Å². The number of hydrogen-bond acceptors (Lipinski definition) is 4. The van der Waals surface area contributed by atoms with Crippen molar-refractivity contribution in [2.24, 2.45) is 0 Å². The van der Waals surface area contributed by atoms with Crippen LogP contribution >= 0.6 is 0 Å². The van der Waals surface area contributed by atoms with Crippen molar-refractivity contribution in [1.82, 2.24) is 14.8 Å². The maximum Gasteiger partial charge on any atom is 0.240 e. The minimum absolute atomic E-state index is 0.00368. The molecule has 1 saturated heterocycles. The van der Waals surface area contributed by atoms with Crippen LogP contribution in [0, 0.1) is 0 Å². The predicted octanol–water partition coefficient (Wildman–Crippen LogP) is 1.93. The molecule has 1 aliphatic heterocycles. The normalized spacial score (nSPS) is 19.6. The molecule has 0 aromatic carbocycles. The maximum absolute atomic E-state index is 13.0. The van der Waals surface area contributed by atoms with Gasteiger partial charge in [-0.3, -0.25) is 14.7 Å². The van der Waals surface area contributed by atoms with Crippen molar-refractivity contribution in [2.45, 2.75) is 38.3 Å². The number of nitrogens with zero attached hydrogens (tertiary/aromatic N) is 3. The van der Waals surface area contributed by atoms with Crippen molar-refractivity contribution in [3.05, 3.63) is 30.1 Å². The molecule has 122 valence electrons. The van der Waals surface area contributed by atoms with Crippen LogP contribution in [0.1, 0.15) is 31.2 Å². The lowest BCUT2D eigenvalue weighted by Crippen LogP contribution is -2.47. The zero-order chi connectivity index (χ0) is 15.8. The highest BCUT2D eigenvalue weighted by Gasteiger charge is 2.28. The molecule has 0 bridgehead atoms. The van der Waals surface area contributed by atoms with Crippen molar-refractivity contribution in [3.63, 3.8) is 0 Å². The van der Waals surface area contributed by atoms with Crippen molar-refractivity contribution < 1.29 is 9.53 Å². The summed E-state index contributed by atoms with van der Waals surface area (Å²) in [5.74, 6) is 0.213. The number of hydrogen-bond donors (Lipinski definition) is 0. The van der Waals surface area contributed by atoms with E-state index in [1.54, 1.807) is 13.3 Å². The molecule has 2 heterocycles. The second-order valence-corrected chi connectivity index (χ2v) is 5.96. The van der Waals surface area contributed by atoms with Crippen LogP contribution in [-0.2, 0) is 16.1 Å². The molecule has 1 aliphatic rings. The molecule has 22 heavy (non-hydrogen) atoms. The molecule has 0 unspecified atom stereocenters. The Morgan fingerprint density at radius 1 is 1.45 bits per heavy atom. The number of likely N-dealkylation sites (tertiary alicyclic amines) is 1. The molecule has 0 aliphatic carbocycles. The topological polar surface area (TPSA) is 45.7 Å². The standard InChI is InChI=1S/C17H27N3O2/c1-19-10-5-3-4-8-16(19)17(21)20(11-12-22-2)14-15-7-6-9-18-13-15/h6-7,9,13,16H,3-5,8,10-12,14H2,1-2H3/t16-/m0/s1. The van der Waals surface area contributed by atoms with E-state index in [0.29, 0.717) is 19.7 Å². The summed E-state index contributed by atoms with van der Waals surface area (Å²) in [7, 11) is 3.73. The van der Waals surface area contributed by atoms with Crippen molar-refractivity contribution in [3.8, 4) is 0 Å². The molecule has 0 saturated carbocycles. The number of aromatic nitrogens is 1. The number of methoxy groups -OCH3 is 1. The van der Waals surface area contributed by atoms with E-state index < -0.39 is 0 Å². The van der Waals surface area contributed by atoms with Gasteiger partial charge in [-0.15, -0.1) is 0 Å². The SMILES string of the molecule is COCCN(Cc1cccnc1)C(=O)[C@@H]1CCCCCN1C. The van der Waals surface area contributed by atoms with Crippen molar-refractivity contribution in [2.75, 3.05) is 33.9 Å². The van der Waals surface area contributed by atoms with E-state index in [-0.39, 0.29) is 11.9 Å². The predicted molar refractivity (Wildman–Crippen MR) is 86.4 cm³/mol. The molecule has 1 aromatic heterocycles. The zero-order valence-electron chi connectivity index (χ0n) is 13.7. The van der Waals surface area contributed by atoms with E-state index in [4.69, 9.17) is 4.74 Å². The Kier molecular flexibility index (Phi) is 6.80. The van der Waals surface area contributed by atoms with Gasteiger partial charge in [0, 0.05) is 32.6 Å². The highest BCUT2D eigenvalue weighted by Crippen LogP contribution is 2.18. The van der Waals surface area contributed by atoms with Crippen LogP contribution in [0.5, 0.6) is 0 Å². The Hall–Kier alpha value is -1.46. The molecule has 2 rings (SSSR count). The van der Waals surface area contributed by atoms with Crippen LogP contribution in [0.4, 0.5) is 0 Å². The van der Waals surface area contributed by atoms with Gasteiger partial charge in [0.1, 0.15) is 0 Å². The Morgan fingerprint density at radius 3 is 3.05 bits per heavy atom. The fourth-order valence-electron chi connectivity index (χ4n) is 2.96. The summed E-state index contributed by atoms with van der Waals surface area (Å²) in [6.07, 6.45) is 8.06. The second kappa shape index (κ2) is 8.86. The first-order valence-corrected chi connectivity index (χ1v) is 8.09. The number of ether oxygens (including phenoxy) is 1.